The number of amides is 3. The Bertz CT molecular complexity index is 993. The quantitative estimate of drug-likeness (QED) is 0.568. The number of nitrogens with zero attached hydrogens (tertiary/aromatic N) is 4. The van der Waals surface area contributed by atoms with E-state index in [1.54, 1.807) is 0 Å². The van der Waals surface area contributed by atoms with Crippen LogP contribution in [-0.2, 0) is 13.1 Å². The molecular weight excluding hydrogens is 408 g/mol. The fraction of sp³-hybridized carbons (Fsp3) is 0.333. The number of carbonyl (C=O) groups excluding carboxylic acids is 2. The van der Waals surface area contributed by atoms with Crippen molar-refractivity contribution in [1.29, 1.82) is 0 Å². The average molecular weight is 426 g/mol. The van der Waals surface area contributed by atoms with Crippen LogP contribution in [0.5, 0.6) is 0 Å². The minimum Gasteiger partial charge on any atom is -0.342 e. The lowest BCUT2D eigenvalue weighted by molar-refractivity contribution is 0.0186. The Kier molecular flexibility index (Phi) is 5.76. The van der Waals surface area contributed by atoms with Gasteiger partial charge in [-0.05, 0) is 25.1 Å². The molecule has 0 fully saturated rings. The molecule has 3 rings (SSSR count). The highest BCUT2D eigenvalue weighted by atomic mass is 19.3. The molecule has 1 aliphatic rings. The van der Waals surface area contributed by atoms with Gasteiger partial charge in [0.2, 0.25) is 0 Å². The van der Waals surface area contributed by atoms with Crippen LogP contribution in [0, 0.1) is 11.6 Å². The zero-order chi connectivity index (χ0) is 22.1. The number of rotatable bonds is 5. The molecule has 3 amide bonds. The van der Waals surface area contributed by atoms with Gasteiger partial charge in [-0.25, -0.2) is 18.3 Å². The first-order valence-corrected chi connectivity index (χ1v) is 8.88. The number of nitrogens with one attached hydrogen (secondary N) is 2. The highest BCUT2D eigenvalue weighted by molar-refractivity contribution is 5.94. The van der Waals surface area contributed by atoms with Gasteiger partial charge in [-0.15, -0.1) is 5.10 Å². The van der Waals surface area contributed by atoms with E-state index in [1.807, 2.05) is 0 Å². The topological polar surface area (TPSA) is 92.2 Å². The number of anilines is 1. The summed E-state index contributed by atoms with van der Waals surface area (Å²) >= 11 is 0. The fourth-order valence-electron chi connectivity index (χ4n) is 2.81. The Labute approximate surface area is 168 Å². The first-order chi connectivity index (χ1) is 14.1. The van der Waals surface area contributed by atoms with E-state index in [-0.39, 0.29) is 36.7 Å². The van der Waals surface area contributed by atoms with Gasteiger partial charge in [0.15, 0.2) is 17.3 Å². The fourth-order valence-corrected chi connectivity index (χ4v) is 2.81. The molecule has 0 spiro atoms. The lowest BCUT2D eigenvalue weighted by Crippen LogP contribution is -2.45. The third-order valence-electron chi connectivity index (χ3n) is 4.63. The minimum absolute atomic E-state index is 0.0505. The lowest BCUT2D eigenvalue weighted by Gasteiger charge is -2.28. The molecule has 160 valence electrons. The molecule has 8 nitrogen and oxygen atoms in total. The Balaban J connectivity index is 1.71. The first kappa shape index (κ1) is 21.3. The molecule has 2 heterocycles. The van der Waals surface area contributed by atoms with Gasteiger partial charge in [0.25, 0.3) is 11.8 Å². The third kappa shape index (κ3) is 4.26. The van der Waals surface area contributed by atoms with E-state index in [4.69, 9.17) is 0 Å². The molecule has 2 aromatic rings. The number of halogens is 4. The van der Waals surface area contributed by atoms with E-state index in [9.17, 15) is 27.2 Å². The molecule has 2 N–H and O–H groups in total. The van der Waals surface area contributed by atoms with Gasteiger partial charge >= 0.3 is 6.03 Å². The minimum atomic E-state index is -3.32. The normalized spacial score (nSPS) is 14.6. The standard InChI is InChI=1S/C18H18F4N6O2/c1-3-18(21,22)10(2)23-16(29)15-14-9-27(6-7-28(14)26-25-15)17(30)24-11-4-5-12(19)13(20)8-11/h3-5,8,10H,1,6-7,9H2,2H3,(H,23,29)(H,24,30)/t10-/m1/s1. The summed E-state index contributed by atoms with van der Waals surface area (Å²) < 4.78 is 55.0. The molecule has 12 heteroatoms. The van der Waals surface area contributed by atoms with Crippen molar-refractivity contribution in [1.82, 2.24) is 25.2 Å². The van der Waals surface area contributed by atoms with Crippen molar-refractivity contribution in [3.8, 4) is 0 Å². The number of urea groups is 1. The van der Waals surface area contributed by atoms with Gasteiger partial charge in [0, 0.05) is 18.3 Å². The molecule has 1 aliphatic heterocycles. The number of fused-ring (bicyclic) bond motifs is 1. The van der Waals surface area contributed by atoms with Crippen molar-refractivity contribution >= 4 is 17.6 Å². The molecule has 0 aliphatic carbocycles. The van der Waals surface area contributed by atoms with Gasteiger partial charge < -0.3 is 15.5 Å². The van der Waals surface area contributed by atoms with E-state index in [0.29, 0.717) is 6.08 Å². The summed E-state index contributed by atoms with van der Waals surface area (Å²) in [6, 6.07) is 0.764. The largest absolute Gasteiger partial charge is 0.342 e. The maximum absolute atomic E-state index is 13.6. The molecule has 0 saturated carbocycles. The number of benzene rings is 1. The molecule has 0 unspecified atom stereocenters. The second-order valence-corrected chi connectivity index (χ2v) is 6.66. The van der Waals surface area contributed by atoms with Crippen molar-refractivity contribution in [2.75, 3.05) is 11.9 Å². The van der Waals surface area contributed by atoms with E-state index in [0.717, 1.165) is 19.1 Å². The summed E-state index contributed by atoms with van der Waals surface area (Å²) in [4.78, 5) is 26.2. The van der Waals surface area contributed by atoms with Gasteiger partial charge in [0.1, 0.15) is 0 Å². The van der Waals surface area contributed by atoms with Crippen molar-refractivity contribution in [3.63, 3.8) is 0 Å². The van der Waals surface area contributed by atoms with Crippen LogP contribution in [0.2, 0.25) is 0 Å². The van der Waals surface area contributed by atoms with Crippen LogP contribution < -0.4 is 10.6 Å². The van der Waals surface area contributed by atoms with Gasteiger partial charge in [-0.1, -0.05) is 11.8 Å². The summed E-state index contributed by atoms with van der Waals surface area (Å²) in [5, 5.41) is 12.1. The highest BCUT2D eigenvalue weighted by Gasteiger charge is 2.35. The SMILES string of the molecule is C=CC(F)(F)[C@@H](C)NC(=O)c1nnn2c1CN(C(=O)Nc1ccc(F)c(F)c1)CC2. The molecule has 0 bridgehead atoms. The van der Waals surface area contributed by atoms with Gasteiger partial charge in [0.05, 0.1) is 24.8 Å². The Morgan fingerprint density at radius 1 is 1.27 bits per heavy atom. The molecule has 1 atom stereocenters. The zero-order valence-electron chi connectivity index (χ0n) is 15.8. The summed E-state index contributed by atoms with van der Waals surface area (Å²) in [7, 11) is 0. The molecule has 0 saturated heterocycles. The van der Waals surface area contributed by atoms with Crippen LogP contribution in [-0.4, -0.2) is 50.3 Å². The Hall–Kier alpha value is -3.44. The van der Waals surface area contributed by atoms with E-state index < -0.39 is 35.5 Å². The number of alkyl halides is 2. The average Bonchev–Trinajstić information content (AvgIpc) is 3.14. The predicted molar refractivity (Wildman–Crippen MR) is 97.9 cm³/mol. The van der Waals surface area contributed by atoms with E-state index >= 15 is 0 Å². The molecule has 0 radical (unpaired) electrons. The van der Waals surface area contributed by atoms with Crippen molar-refractivity contribution < 1.29 is 27.2 Å². The smallest absolute Gasteiger partial charge is 0.322 e. The molecule has 1 aromatic carbocycles. The van der Waals surface area contributed by atoms with Crippen LogP contribution in [0.15, 0.2) is 30.9 Å². The Morgan fingerprint density at radius 3 is 2.67 bits per heavy atom. The van der Waals surface area contributed by atoms with E-state index in [1.165, 1.54) is 15.6 Å². The molecule has 1 aromatic heterocycles. The second kappa shape index (κ2) is 8.13. The van der Waals surface area contributed by atoms with Gasteiger partial charge in [-0.3, -0.25) is 4.79 Å². The van der Waals surface area contributed by atoms with Crippen molar-refractivity contribution in [2.45, 2.75) is 32.0 Å². The maximum atomic E-state index is 13.6. The predicted octanol–water partition coefficient (Wildman–Crippen LogP) is 2.54. The summed E-state index contributed by atoms with van der Waals surface area (Å²) in [6.07, 6.45) is 0.434. The Morgan fingerprint density at radius 2 is 2.00 bits per heavy atom. The summed E-state index contributed by atoms with van der Waals surface area (Å²) in [5.74, 6) is -6.35. The van der Waals surface area contributed by atoms with Crippen molar-refractivity contribution in [3.05, 3.63) is 53.9 Å². The number of hydrogen-bond donors (Lipinski definition) is 2. The first-order valence-electron chi connectivity index (χ1n) is 8.88. The van der Waals surface area contributed by atoms with Crippen LogP contribution >= 0.6 is 0 Å². The molecule has 30 heavy (non-hydrogen) atoms. The maximum Gasteiger partial charge on any atom is 0.322 e. The number of carbonyl (C=O) groups is 2. The van der Waals surface area contributed by atoms with Gasteiger partial charge in [-0.2, -0.15) is 8.78 Å². The second-order valence-electron chi connectivity index (χ2n) is 6.66. The van der Waals surface area contributed by atoms with Crippen LogP contribution in [0.4, 0.5) is 28.0 Å². The van der Waals surface area contributed by atoms with Crippen LogP contribution in [0.1, 0.15) is 23.1 Å². The summed E-state index contributed by atoms with van der Waals surface area (Å²) in [5.41, 5.74) is 0.120. The zero-order valence-corrected chi connectivity index (χ0v) is 15.8. The van der Waals surface area contributed by atoms with E-state index in [2.05, 4.69) is 27.5 Å². The van der Waals surface area contributed by atoms with Crippen LogP contribution in [0.25, 0.3) is 0 Å². The lowest BCUT2D eigenvalue weighted by atomic mass is 10.1. The summed E-state index contributed by atoms with van der Waals surface area (Å²) in [6.45, 7) is 4.49. The van der Waals surface area contributed by atoms with Crippen LogP contribution in [0.3, 0.4) is 0 Å². The number of aromatic nitrogens is 3. The van der Waals surface area contributed by atoms with Crippen molar-refractivity contribution in [2.24, 2.45) is 0 Å². The monoisotopic (exact) mass is 426 g/mol. The molecular formula is C18H18F4N6O2. The highest BCUT2D eigenvalue weighted by Crippen LogP contribution is 2.21. The number of hydrogen-bond acceptors (Lipinski definition) is 4. The third-order valence-corrected chi connectivity index (χ3v) is 4.63.